The second-order valence-electron chi connectivity index (χ2n) is 7.44. The fraction of sp³-hybridized carbons (Fsp3) is 0.0400. The topological polar surface area (TPSA) is 127 Å². The number of rotatable bonds is 7. The lowest BCUT2D eigenvalue weighted by Crippen LogP contribution is -2.06. The molecule has 4 aromatic carbocycles. The number of ether oxygens (including phenoxy) is 2. The van der Waals surface area contributed by atoms with Crippen molar-refractivity contribution in [2.75, 3.05) is 7.11 Å². The van der Waals surface area contributed by atoms with Crippen molar-refractivity contribution in [1.82, 2.24) is 0 Å². The summed E-state index contributed by atoms with van der Waals surface area (Å²) in [6, 6.07) is 22.1. The Balaban J connectivity index is 1.66. The standard InChI is InChI=1S/C25H20O8S2/c1-32-20-10-12-22(13-11-20)34(27,28)23-14-15-24(25(16-23)35(29,30)31)33-21-8-4-18(5-9-21)17-2-6-19(26)7-3-17/h2-16,26H,1H3,(H,29,30,31). The molecule has 0 aliphatic carbocycles. The van der Waals surface area contributed by atoms with Crippen molar-refractivity contribution >= 4 is 20.0 Å². The molecule has 8 nitrogen and oxygen atoms in total. The second-order valence-corrected chi connectivity index (χ2v) is 10.8. The van der Waals surface area contributed by atoms with Crippen molar-refractivity contribution in [3.05, 3.63) is 91.0 Å². The van der Waals surface area contributed by atoms with E-state index in [1.165, 1.54) is 43.5 Å². The number of phenolic OH excluding ortho intramolecular Hbond substituents is 1. The molecule has 0 aromatic heterocycles. The Morgan fingerprint density at radius 3 is 1.71 bits per heavy atom. The van der Waals surface area contributed by atoms with Crippen molar-refractivity contribution in [1.29, 1.82) is 0 Å². The lowest BCUT2D eigenvalue weighted by molar-refractivity contribution is 0.414. The van der Waals surface area contributed by atoms with E-state index in [9.17, 15) is 26.5 Å². The van der Waals surface area contributed by atoms with Gasteiger partial charge in [0, 0.05) is 0 Å². The Hall–Kier alpha value is -3.86. The molecule has 0 aliphatic heterocycles. The molecule has 0 aliphatic rings. The molecule has 0 amide bonds. The van der Waals surface area contributed by atoms with Gasteiger partial charge in [-0.2, -0.15) is 8.42 Å². The predicted octanol–water partition coefficient (Wildman–Crippen LogP) is 4.94. The fourth-order valence-corrected chi connectivity index (χ4v) is 5.33. The third kappa shape index (κ3) is 5.29. The van der Waals surface area contributed by atoms with E-state index < -0.39 is 24.9 Å². The Bertz CT molecular complexity index is 1560. The summed E-state index contributed by atoms with van der Waals surface area (Å²) in [4.78, 5) is -1.09. The Kier molecular flexibility index (Phi) is 6.53. The number of aromatic hydroxyl groups is 1. The van der Waals surface area contributed by atoms with Crippen LogP contribution in [0.5, 0.6) is 23.0 Å². The smallest absolute Gasteiger partial charge is 0.298 e. The quantitative estimate of drug-likeness (QED) is 0.333. The van der Waals surface area contributed by atoms with Crippen LogP contribution in [0.2, 0.25) is 0 Å². The molecule has 0 bridgehead atoms. The monoisotopic (exact) mass is 512 g/mol. The molecule has 0 spiro atoms. The van der Waals surface area contributed by atoms with E-state index in [1.807, 2.05) is 0 Å². The van der Waals surface area contributed by atoms with E-state index in [1.54, 1.807) is 48.5 Å². The Morgan fingerprint density at radius 1 is 0.657 bits per heavy atom. The highest BCUT2D eigenvalue weighted by Crippen LogP contribution is 2.34. The molecule has 0 heterocycles. The van der Waals surface area contributed by atoms with E-state index in [0.717, 1.165) is 17.2 Å². The Morgan fingerprint density at radius 2 is 1.17 bits per heavy atom. The number of benzene rings is 4. The third-order valence-electron chi connectivity index (χ3n) is 5.16. The molecule has 35 heavy (non-hydrogen) atoms. The van der Waals surface area contributed by atoms with Crippen LogP contribution < -0.4 is 9.47 Å². The lowest BCUT2D eigenvalue weighted by Gasteiger charge is -2.12. The normalized spacial score (nSPS) is 11.7. The van der Waals surface area contributed by atoms with Crippen LogP contribution in [0, 0.1) is 0 Å². The molecule has 0 saturated carbocycles. The highest BCUT2D eigenvalue weighted by atomic mass is 32.2. The molecule has 0 atom stereocenters. The van der Waals surface area contributed by atoms with Crippen LogP contribution in [0.1, 0.15) is 0 Å². The SMILES string of the molecule is COc1ccc(S(=O)(=O)c2ccc(Oc3ccc(-c4ccc(O)cc4)cc3)c(S(=O)(=O)O)c2)cc1. The summed E-state index contributed by atoms with van der Waals surface area (Å²) in [7, 11) is -7.45. The van der Waals surface area contributed by atoms with Crippen molar-refractivity contribution in [3.63, 3.8) is 0 Å². The van der Waals surface area contributed by atoms with Crippen molar-refractivity contribution < 1.29 is 36.0 Å². The molecule has 4 aromatic rings. The summed E-state index contributed by atoms with van der Waals surface area (Å²) in [5.41, 5.74) is 1.68. The number of hydrogen-bond acceptors (Lipinski definition) is 7. The van der Waals surface area contributed by atoms with E-state index in [0.29, 0.717) is 5.75 Å². The summed E-state index contributed by atoms with van der Waals surface area (Å²) >= 11 is 0. The lowest BCUT2D eigenvalue weighted by atomic mass is 10.1. The zero-order chi connectivity index (χ0) is 25.2. The molecule has 0 fully saturated rings. The molecule has 0 unspecified atom stereocenters. The van der Waals surface area contributed by atoms with E-state index in [-0.39, 0.29) is 27.0 Å². The maximum atomic E-state index is 13.0. The van der Waals surface area contributed by atoms with E-state index in [2.05, 4.69) is 0 Å². The van der Waals surface area contributed by atoms with Gasteiger partial charge in [-0.25, -0.2) is 8.42 Å². The minimum absolute atomic E-state index is 0.0712. The van der Waals surface area contributed by atoms with Crippen LogP contribution in [0.4, 0.5) is 0 Å². The minimum Gasteiger partial charge on any atom is -0.508 e. The first-order valence-corrected chi connectivity index (χ1v) is 13.1. The van der Waals surface area contributed by atoms with Gasteiger partial charge in [-0.3, -0.25) is 4.55 Å². The van der Waals surface area contributed by atoms with E-state index in [4.69, 9.17) is 9.47 Å². The summed E-state index contributed by atoms with van der Waals surface area (Å²) in [6.07, 6.45) is 0. The number of hydrogen-bond donors (Lipinski definition) is 2. The third-order valence-corrected chi connectivity index (χ3v) is 7.80. The predicted molar refractivity (Wildman–Crippen MR) is 128 cm³/mol. The van der Waals surface area contributed by atoms with Crippen molar-refractivity contribution in [2.24, 2.45) is 0 Å². The van der Waals surface area contributed by atoms with Gasteiger partial charge in [0.25, 0.3) is 10.1 Å². The molecule has 180 valence electrons. The minimum atomic E-state index is -4.82. The van der Waals surface area contributed by atoms with Crippen LogP contribution >= 0.6 is 0 Å². The molecule has 0 radical (unpaired) electrons. The molecule has 10 heteroatoms. The summed E-state index contributed by atoms with van der Waals surface area (Å²) in [5.74, 6) is 0.633. The zero-order valence-corrected chi connectivity index (χ0v) is 20.0. The second kappa shape index (κ2) is 9.41. The molecule has 0 saturated heterocycles. The number of phenols is 1. The summed E-state index contributed by atoms with van der Waals surface area (Å²) in [6.45, 7) is 0. The van der Waals surface area contributed by atoms with Gasteiger partial charge >= 0.3 is 0 Å². The first-order chi connectivity index (χ1) is 16.6. The molecule has 4 rings (SSSR count). The van der Waals surface area contributed by atoms with Crippen molar-refractivity contribution in [3.8, 4) is 34.1 Å². The summed E-state index contributed by atoms with van der Waals surface area (Å²) in [5, 5.41) is 9.43. The van der Waals surface area contributed by atoms with Crippen LogP contribution in [-0.4, -0.2) is 33.6 Å². The van der Waals surface area contributed by atoms with Gasteiger partial charge in [0.2, 0.25) is 9.84 Å². The largest absolute Gasteiger partial charge is 0.508 e. The van der Waals surface area contributed by atoms with Gasteiger partial charge < -0.3 is 14.6 Å². The van der Waals surface area contributed by atoms with Crippen molar-refractivity contribution in [2.45, 2.75) is 14.7 Å². The summed E-state index contributed by atoms with van der Waals surface area (Å²) < 4.78 is 70.5. The maximum absolute atomic E-state index is 13.0. The first kappa shape index (κ1) is 24.3. The molecule has 2 N–H and O–H groups in total. The van der Waals surface area contributed by atoms with Gasteiger partial charge in [0.05, 0.1) is 16.9 Å². The first-order valence-electron chi connectivity index (χ1n) is 10.2. The fourth-order valence-electron chi connectivity index (χ4n) is 3.33. The number of sulfone groups is 1. The van der Waals surface area contributed by atoms with Gasteiger partial charge in [0.15, 0.2) is 0 Å². The van der Waals surface area contributed by atoms with Gasteiger partial charge in [-0.05, 0) is 77.9 Å². The van der Waals surface area contributed by atoms with Crippen LogP contribution in [-0.2, 0) is 20.0 Å². The van der Waals surface area contributed by atoms with Crippen LogP contribution in [0.25, 0.3) is 11.1 Å². The highest BCUT2D eigenvalue weighted by Gasteiger charge is 2.24. The average Bonchev–Trinajstić information content (AvgIpc) is 2.84. The Labute approximate surface area is 202 Å². The van der Waals surface area contributed by atoms with Gasteiger partial charge in [-0.1, -0.05) is 24.3 Å². The van der Waals surface area contributed by atoms with Crippen LogP contribution in [0.3, 0.4) is 0 Å². The number of methoxy groups -OCH3 is 1. The van der Waals surface area contributed by atoms with E-state index >= 15 is 0 Å². The van der Waals surface area contributed by atoms with Gasteiger partial charge in [-0.15, -0.1) is 0 Å². The molecular weight excluding hydrogens is 492 g/mol. The maximum Gasteiger partial charge on any atom is 0.298 e. The zero-order valence-electron chi connectivity index (χ0n) is 18.3. The average molecular weight is 513 g/mol. The molecular formula is C25H20O8S2. The van der Waals surface area contributed by atoms with Crippen LogP contribution in [0.15, 0.2) is 106 Å². The van der Waals surface area contributed by atoms with Gasteiger partial charge in [0.1, 0.15) is 27.9 Å². The highest BCUT2D eigenvalue weighted by molar-refractivity contribution is 7.91.